The van der Waals surface area contributed by atoms with Crippen LogP contribution in [0.1, 0.15) is 31.7 Å². The zero-order valence-corrected chi connectivity index (χ0v) is 14.2. The number of halogens is 1. The van der Waals surface area contributed by atoms with Gasteiger partial charge < -0.3 is 9.64 Å². The van der Waals surface area contributed by atoms with E-state index in [1.165, 1.54) is 6.42 Å². The summed E-state index contributed by atoms with van der Waals surface area (Å²) in [5.74, 6) is 2.32. The van der Waals surface area contributed by atoms with Gasteiger partial charge in [0.2, 0.25) is 5.91 Å². The molecule has 0 bridgehead atoms. The molecule has 21 heavy (non-hydrogen) atoms. The van der Waals surface area contributed by atoms with E-state index < -0.39 is 0 Å². The van der Waals surface area contributed by atoms with Gasteiger partial charge in [0.05, 0.1) is 12.9 Å². The summed E-state index contributed by atoms with van der Waals surface area (Å²) in [6, 6.07) is 5.97. The molecule has 0 spiro atoms. The Morgan fingerprint density at radius 1 is 1.48 bits per heavy atom. The van der Waals surface area contributed by atoms with Gasteiger partial charge in [0.1, 0.15) is 5.75 Å². The molecule has 0 aliphatic carbocycles. The van der Waals surface area contributed by atoms with Crippen molar-refractivity contribution in [3.05, 3.63) is 28.8 Å². The van der Waals surface area contributed by atoms with Crippen molar-refractivity contribution in [3.63, 3.8) is 0 Å². The van der Waals surface area contributed by atoms with Crippen LogP contribution >= 0.6 is 23.4 Å². The van der Waals surface area contributed by atoms with Gasteiger partial charge >= 0.3 is 0 Å². The number of ether oxygens (including phenoxy) is 1. The van der Waals surface area contributed by atoms with Crippen molar-refractivity contribution in [1.29, 1.82) is 0 Å². The molecular weight excluding hydrogens is 306 g/mol. The number of nitrogens with zero attached hydrogens (tertiary/aromatic N) is 1. The van der Waals surface area contributed by atoms with Gasteiger partial charge in [0, 0.05) is 28.9 Å². The average molecular weight is 328 g/mol. The Morgan fingerprint density at radius 2 is 2.29 bits per heavy atom. The first-order valence-corrected chi connectivity index (χ1v) is 8.84. The zero-order chi connectivity index (χ0) is 15.2. The molecule has 116 valence electrons. The van der Waals surface area contributed by atoms with Crippen LogP contribution < -0.4 is 4.74 Å². The SMILES string of the molecule is COc1ccc(Cl)cc1CSCC(=O)N1CCCCC1C. The van der Waals surface area contributed by atoms with Crippen molar-refractivity contribution in [3.8, 4) is 5.75 Å². The van der Waals surface area contributed by atoms with E-state index in [0.717, 1.165) is 36.5 Å². The Balaban J connectivity index is 1.86. The first-order chi connectivity index (χ1) is 10.1. The van der Waals surface area contributed by atoms with Crippen LogP contribution in [0.3, 0.4) is 0 Å². The van der Waals surface area contributed by atoms with Crippen LogP contribution in [0.2, 0.25) is 5.02 Å². The number of thioether (sulfide) groups is 1. The Hall–Kier alpha value is -0.870. The van der Waals surface area contributed by atoms with Crippen LogP contribution in [0.5, 0.6) is 5.75 Å². The first kappa shape index (κ1) is 16.5. The second-order valence-electron chi connectivity index (χ2n) is 5.38. The number of hydrogen-bond acceptors (Lipinski definition) is 3. The molecule has 1 unspecified atom stereocenters. The van der Waals surface area contributed by atoms with Crippen molar-refractivity contribution in [1.82, 2.24) is 4.90 Å². The maximum Gasteiger partial charge on any atom is 0.232 e. The number of carbonyl (C=O) groups excluding carboxylic acids is 1. The van der Waals surface area contributed by atoms with E-state index in [-0.39, 0.29) is 5.91 Å². The molecule has 1 aliphatic rings. The van der Waals surface area contributed by atoms with Crippen LogP contribution in [0.4, 0.5) is 0 Å². The summed E-state index contributed by atoms with van der Waals surface area (Å²) in [6.45, 7) is 3.04. The molecule has 1 saturated heterocycles. The van der Waals surface area contributed by atoms with Crippen LogP contribution in [-0.4, -0.2) is 36.3 Å². The van der Waals surface area contributed by atoms with E-state index >= 15 is 0 Å². The molecule has 1 fully saturated rings. The van der Waals surface area contributed by atoms with Gasteiger partial charge in [-0.3, -0.25) is 4.79 Å². The molecule has 0 radical (unpaired) electrons. The highest BCUT2D eigenvalue weighted by molar-refractivity contribution is 7.99. The molecule has 0 aromatic heterocycles. The molecule has 2 rings (SSSR count). The fourth-order valence-electron chi connectivity index (χ4n) is 2.66. The van der Waals surface area contributed by atoms with Crippen molar-refractivity contribution in [2.75, 3.05) is 19.4 Å². The lowest BCUT2D eigenvalue weighted by molar-refractivity contribution is -0.131. The van der Waals surface area contributed by atoms with Crippen LogP contribution in [0.15, 0.2) is 18.2 Å². The molecule has 0 N–H and O–H groups in total. The summed E-state index contributed by atoms with van der Waals surface area (Å²) in [7, 11) is 1.65. The minimum absolute atomic E-state index is 0.244. The summed E-state index contributed by atoms with van der Waals surface area (Å²) in [4.78, 5) is 14.3. The topological polar surface area (TPSA) is 29.5 Å². The Kier molecular flexibility index (Phi) is 6.24. The van der Waals surface area contributed by atoms with Gasteiger partial charge in [-0.15, -0.1) is 11.8 Å². The fourth-order valence-corrected chi connectivity index (χ4v) is 3.74. The third-order valence-corrected chi connectivity index (χ3v) is 5.05. The van der Waals surface area contributed by atoms with Crippen LogP contribution in [0, 0.1) is 0 Å². The highest BCUT2D eigenvalue weighted by Gasteiger charge is 2.22. The molecule has 1 amide bonds. The highest BCUT2D eigenvalue weighted by atomic mass is 35.5. The van der Waals surface area contributed by atoms with Gasteiger partial charge in [0.25, 0.3) is 0 Å². The van der Waals surface area contributed by atoms with E-state index in [2.05, 4.69) is 6.92 Å². The molecule has 0 saturated carbocycles. The number of carbonyl (C=O) groups is 1. The summed E-state index contributed by atoms with van der Waals surface area (Å²) < 4.78 is 5.32. The lowest BCUT2D eigenvalue weighted by Gasteiger charge is -2.33. The van der Waals surface area contributed by atoms with E-state index in [0.29, 0.717) is 16.8 Å². The smallest absolute Gasteiger partial charge is 0.232 e. The predicted octanol–water partition coefficient (Wildman–Crippen LogP) is 3.98. The number of rotatable bonds is 5. The number of piperidine rings is 1. The number of methoxy groups -OCH3 is 1. The Morgan fingerprint density at radius 3 is 3.00 bits per heavy atom. The zero-order valence-electron chi connectivity index (χ0n) is 12.6. The predicted molar refractivity (Wildman–Crippen MR) is 89.2 cm³/mol. The second-order valence-corrected chi connectivity index (χ2v) is 6.80. The van der Waals surface area contributed by atoms with Gasteiger partial charge in [-0.2, -0.15) is 0 Å². The molecule has 5 heteroatoms. The minimum atomic E-state index is 0.244. The molecule has 1 aromatic carbocycles. The Bertz CT molecular complexity index is 495. The second kappa shape index (κ2) is 7.95. The fraction of sp³-hybridized carbons (Fsp3) is 0.562. The van der Waals surface area contributed by atoms with Crippen LogP contribution in [-0.2, 0) is 10.5 Å². The van der Waals surface area contributed by atoms with Gasteiger partial charge in [-0.25, -0.2) is 0 Å². The van der Waals surface area contributed by atoms with Crippen molar-refractivity contribution in [2.24, 2.45) is 0 Å². The normalized spacial score (nSPS) is 18.6. The summed E-state index contributed by atoms with van der Waals surface area (Å²) >= 11 is 7.63. The molecule has 1 aliphatic heterocycles. The van der Waals surface area contributed by atoms with Gasteiger partial charge in [0.15, 0.2) is 0 Å². The molecule has 1 heterocycles. The molecule has 1 atom stereocenters. The van der Waals surface area contributed by atoms with Crippen molar-refractivity contribution < 1.29 is 9.53 Å². The molecule has 1 aromatic rings. The Labute approximate surface area is 136 Å². The lowest BCUT2D eigenvalue weighted by atomic mass is 10.0. The number of amides is 1. The van der Waals surface area contributed by atoms with Gasteiger partial charge in [-0.1, -0.05) is 11.6 Å². The maximum atomic E-state index is 12.3. The standard InChI is InChI=1S/C16H22ClNO2S/c1-12-5-3-4-8-18(12)16(19)11-21-10-13-9-14(17)6-7-15(13)20-2/h6-7,9,12H,3-5,8,10-11H2,1-2H3. The van der Waals surface area contributed by atoms with Crippen molar-refractivity contribution in [2.45, 2.75) is 38.0 Å². The third-order valence-electron chi connectivity index (χ3n) is 3.85. The highest BCUT2D eigenvalue weighted by Crippen LogP contribution is 2.27. The van der Waals surface area contributed by atoms with E-state index in [1.807, 2.05) is 23.1 Å². The summed E-state index contributed by atoms with van der Waals surface area (Å²) in [5.41, 5.74) is 1.04. The maximum absolute atomic E-state index is 12.3. The average Bonchev–Trinajstić information content (AvgIpc) is 2.48. The number of benzene rings is 1. The third kappa shape index (κ3) is 4.55. The number of hydrogen-bond donors (Lipinski definition) is 0. The largest absolute Gasteiger partial charge is 0.496 e. The van der Waals surface area contributed by atoms with E-state index in [4.69, 9.17) is 16.3 Å². The quantitative estimate of drug-likeness (QED) is 0.819. The van der Waals surface area contributed by atoms with E-state index in [1.54, 1.807) is 18.9 Å². The number of likely N-dealkylation sites (tertiary alicyclic amines) is 1. The van der Waals surface area contributed by atoms with Gasteiger partial charge in [-0.05, 0) is 44.4 Å². The molecular formula is C16H22ClNO2S. The molecule has 3 nitrogen and oxygen atoms in total. The van der Waals surface area contributed by atoms with Crippen LogP contribution in [0.25, 0.3) is 0 Å². The lowest BCUT2D eigenvalue weighted by Crippen LogP contribution is -2.42. The monoisotopic (exact) mass is 327 g/mol. The van der Waals surface area contributed by atoms with E-state index in [9.17, 15) is 4.79 Å². The summed E-state index contributed by atoms with van der Waals surface area (Å²) in [5, 5.41) is 0.697. The minimum Gasteiger partial charge on any atom is -0.496 e. The summed E-state index contributed by atoms with van der Waals surface area (Å²) in [6.07, 6.45) is 3.49. The first-order valence-electron chi connectivity index (χ1n) is 7.31. The van der Waals surface area contributed by atoms with Crippen molar-refractivity contribution >= 4 is 29.3 Å².